The van der Waals surface area contributed by atoms with Crippen LogP contribution in [0.5, 0.6) is 5.75 Å². The number of nitrogens with zero attached hydrogens (tertiary/aromatic N) is 2. The number of H-pyrrole nitrogens is 1. The van der Waals surface area contributed by atoms with Crippen molar-refractivity contribution in [1.82, 2.24) is 15.2 Å². The van der Waals surface area contributed by atoms with Crippen LogP contribution in [0.15, 0.2) is 52.1 Å². The highest BCUT2D eigenvalue weighted by atomic mass is 79.9. The summed E-state index contributed by atoms with van der Waals surface area (Å²) in [5.74, 6) is 1.51. The largest absolute Gasteiger partial charge is 0.486 e. The molecule has 0 fully saturated rings. The molecular weight excluding hydrogens is 428 g/mol. The minimum Gasteiger partial charge on any atom is -0.486 e. The van der Waals surface area contributed by atoms with Crippen LogP contribution in [-0.4, -0.2) is 26.8 Å². The van der Waals surface area contributed by atoms with Crippen LogP contribution in [0.25, 0.3) is 0 Å². The Morgan fingerprint density at radius 3 is 2.63 bits per heavy atom. The average Bonchev–Trinajstić information content (AvgIpc) is 3.10. The maximum absolute atomic E-state index is 12.3. The Morgan fingerprint density at radius 1 is 1.22 bits per heavy atom. The molecule has 0 atom stereocenters. The monoisotopic (exact) mass is 446 g/mol. The lowest BCUT2D eigenvalue weighted by atomic mass is 10.1. The third-order valence-corrected chi connectivity index (χ3v) is 5.03. The molecule has 3 rings (SSSR count). The summed E-state index contributed by atoms with van der Waals surface area (Å²) in [5, 5.41) is 10.4. The molecule has 0 saturated heterocycles. The number of amides is 1. The molecule has 6 nitrogen and oxygen atoms in total. The number of aromatic amines is 1. The molecule has 0 aliphatic rings. The third-order valence-electron chi connectivity index (χ3n) is 3.72. The number of thioether (sulfide) groups is 1. The zero-order chi connectivity index (χ0) is 19.2. The highest BCUT2D eigenvalue weighted by Crippen LogP contribution is 2.25. The maximum atomic E-state index is 12.3. The zero-order valence-electron chi connectivity index (χ0n) is 15.0. The van der Waals surface area contributed by atoms with E-state index in [0.29, 0.717) is 17.6 Å². The number of halogens is 1. The molecule has 1 heterocycles. The average molecular weight is 447 g/mol. The second-order valence-electron chi connectivity index (χ2n) is 5.92. The molecule has 0 radical (unpaired) electrons. The Labute approximate surface area is 170 Å². The standard InChI is InChI=1S/C19H19BrN4O2S/c1-12-8-14(20)9-13(2)18(12)22-17(25)11-27-19-21-16(23-24-19)10-26-15-6-4-3-5-7-15/h3-9H,10-11H2,1-2H3,(H,22,25)(H,21,23,24). The molecule has 0 aliphatic heterocycles. The quantitative estimate of drug-likeness (QED) is 0.522. The fourth-order valence-electron chi connectivity index (χ4n) is 2.49. The first-order valence-electron chi connectivity index (χ1n) is 8.30. The molecule has 140 valence electrons. The minimum absolute atomic E-state index is 0.0968. The van der Waals surface area contributed by atoms with Gasteiger partial charge in [0.25, 0.3) is 0 Å². The van der Waals surface area contributed by atoms with Gasteiger partial charge in [-0.2, -0.15) is 0 Å². The number of para-hydroxylation sites is 1. The molecule has 0 aliphatic carbocycles. The van der Waals surface area contributed by atoms with E-state index >= 15 is 0 Å². The van der Waals surface area contributed by atoms with Crippen LogP contribution in [0.2, 0.25) is 0 Å². The summed E-state index contributed by atoms with van der Waals surface area (Å²) in [4.78, 5) is 16.6. The molecule has 2 N–H and O–H groups in total. The first-order valence-corrected chi connectivity index (χ1v) is 10.1. The number of ether oxygens (including phenoxy) is 1. The third kappa shape index (κ3) is 5.58. The lowest BCUT2D eigenvalue weighted by Crippen LogP contribution is -2.16. The topological polar surface area (TPSA) is 79.9 Å². The van der Waals surface area contributed by atoms with Crippen molar-refractivity contribution in [3.63, 3.8) is 0 Å². The number of aromatic nitrogens is 3. The molecular formula is C19H19BrN4O2S. The molecule has 2 aromatic carbocycles. The molecule has 0 bridgehead atoms. The summed E-state index contributed by atoms with van der Waals surface area (Å²) in [7, 11) is 0. The maximum Gasteiger partial charge on any atom is 0.234 e. The lowest BCUT2D eigenvalue weighted by molar-refractivity contribution is -0.113. The van der Waals surface area contributed by atoms with Crippen molar-refractivity contribution in [2.75, 3.05) is 11.1 Å². The van der Waals surface area contributed by atoms with Crippen LogP contribution < -0.4 is 10.1 Å². The zero-order valence-corrected chi connectivity index (χ0v) is 17.4. The summed E-state index contributed by atoms with van der Waals surface area (Å²) in [6.07, 6.45) is 0. The fraction of sp³-hybridized carbons (Fsp3) is 0.211. The van der Waals surface area contributed by atoms with Crippen molar-refractivity contribution in [2.24, 2.45) is 0 Å². The summed E-state index contributed by atoms with van der Waals surface area (Å²) in [6.45, 7) is 4.23. The second kappa shape index (κ2) is 9.05. The molecule has 0 saturated carbocycles. The highest BCUT2D eigenvalue weighted by molar-refractivity contribution is 9.10. The van der Waals surface area contributed by atoms with Crippen molar-refractivity contribution in [1.29, 1.82) is 0 Å². The number of anilines is 1. The van der Waals surface area contributed by atoms with Gasteiger partial charge in [0.1, 0.15) is 12.4 Å². The number of hydrogen-bond donors (Lipinski definition) is 2. The molecule has 0 spiro atoms. The van der Waals surface area contributed by atoms with E-state index in [-0.39, 0.29) is 11.7 Å². The van der Waals surface area contributed by atoms with Gasteiger partial charge in [0, 0.05) is 10.2 Å². The van der Waals surface area contributed by atoms with Gasteiger partial charge < -0.3 is 10.1 Å². The van der Waals surface area contributed by atoms with Gasteiger partial charge in [-0.15, -0.1) is 5.10 Å². The van der Waals surface area contributed by atoms with Gasteiger partial charge in [0.15, 0.2) is 5.82 Å². The van der Waals surface area contributed by atoms with Crippen LogP contribution in [0.3, 0.4) is 0 Å². The van der Waals surface area contributed by atoms with Gasteiger partial charge in [-0.3, -0.25) is 9.89 Å². The summed E-state index contributed by atoms with van der Waals surface area (Å²) < 4.78 is 6.62. The number of benzene rings is 2. The van der Waals surface area contributed by atoms with Crippen LogP contribution in [0.4, 0.5) is 5.69 Å². The van der Waals surface area contributed by atoms with E-state index < -0.39 is 0 Å². The van der Waals surface area contributed by atoms with Gasteiger partial charge in [-0.1, -0.05) is 45.9 Å². The molecule has 1 aromatic heterocycles. The van der Waals surface area contributed by atoms with Crippen molar-refractivity contribution >= 4 is 39.3 Å². The van der Waals surface area contributed by atoms with E-state index in [1.165, 1.54) is 11.8 Å². The van der Waals surface area contributed by atoms with Gasteiger partial charge in [-0.25, -0.2) is 4.98 Å². The van der Waals surface area contributed by atoms with Crippen molar-refractivity contribution in [3.05, 3.63) is 63.9 Å². The Morgan fingerprint density at radius 2 is 1.93 bits per heavy atom. The number of nitrogens with one attached hydrogen (secondary N) is 2. The van der Waals surface area contributed by atoms with Gasteiger partial charge >= 0.3 is 0 Å². The van der Waals surface area contributed by atoms with Gasteiger partial charge in [-0.05, 0) is 49.2 Å². The van der Waals surface area contributed by atoms with E-state index in [2.05, 4.69) is 36.4 Å². The summed E-state index contributed by atoms with van der Waals surface area (Å²) in [6, 6.07) is 13.5. The van der Waals surface area contributed by atoms with Crippen LogP contribution in [0, 0.1) is 13.8 Å². The van der Waals surface area contributed by atoms with Crippen LogP contribution >= 0.6 is 27.7 Å². The molecule has 3 aromatic rings. The van der Waals surface area contributed by atoms with Crippen molar-refractivity contribution in [3.8, 4) is 5.75 Å². The SMILES string of the molecule is Cc1cc(Br)cc(C)c1NC(=O)CSc1n[nH]c(COc2ccccc2)n1. The van der Waals surface area contributed by atoms with Crippen molar-refractivity contribution < 1.29 is 9.53 Å². The summed E-state index contributed by atoms with van der Waals surface area (Å²) >= 11 is 4.73. The Hall–Kier alpha value is -2.32. The van der Waals surface area contributed by atoms with E-state index in [1.54, 1.807) is 0 Å². The first-order chi connectivity index (χ1) is 13.0. The summed E-state index contributed by atoms with van der Waals surface area (Å²) in [5.41, 5.74) is 2.87. The number of hydrogen-bond acceptors (Lipinski definition) is 5. The number of carbonyl (C=O) groups excluding carboxylic acids is 1. The number of rotatable bonds is 7. The predicted molar refractivity (Wildman–Crippen MR) is 110 cm³/mol. The molecule has 0 unspecified atom stereocenters. The van der Waals surface area contributed by atoms with Crippen LogP contribution in [0.1, 0.15) is 17.0 Å². The Balaban J connectivity index is 1.50. The van der Waals surface area contributed by atoms with E-state index in [4.69, 9.17) is 4.74 Å². The smallest absolute Gasteiger partial charge is 0.234 e. The number of carbonyl (C=O) groups is 1. The fourth-order valence-corrected chi connectivity index (χ4v) is 3.79. The number of aryl methyl sites for hydroxylation is 2. The van der Waals surface area contributed by atoms with Crippen molar-refractivity contribution in [2.45, 2.75) is 25.6 Å². The lowest BCUT2D eigenvalue weighted by Gasteiger charge is -2.11. The first kappa shape index (κ1) is 19.4. The van der Waals surface area contributed by atoms with Crippen LogP contribution in [-0.2, 0) is 11.4 Å². The Bertz CT molecular complexity index is 907. The van der Waals surface area contributed by atoms with E-state index in [9.17, 15) is 4.79 Å². The van der Waals surface area contributed by atoms with E-state index in [1.807, 2.05) is 56.3 Å². The molecule has 8 heteroatoms. The van der Waals surface area contributed by atoms with Gasteiger partial charge in [0.2, 0.25) is 11.1 Å². The highest BCUT2D eigenvalue weighted by Gasteiger charge is 2.11. The predicted octanol–water partition coefficient (Wildman–Crippen LogP) is 4.49. The van der Waals surface area contributed by atoms with E-state index in [0.717, 1.165) is 27.0 Å². The van der Waals surface area contributed by atoms with Gasteiger partial charge in [0.05, 0.1) is 5.75 Å². The Kier molecular flexibility index (Phi) is 6.52. The second-order valence-corrected chi connectivity index (χ2v) is 7.78. The molecule has 1 amide bonds. The molecule has 27 heavy (non-hydrogen) atoms. The minimum atomic E-state index is -0.0968. The normalized spacial score (nSPS) is 10.6.